The number of aryl methyl sites for hydroxylation is 1. The molecule has 3 rings (SSSR count). The number of anilines is 2. The number of nitrogens with zero attached hydrogens (tertiary/aromatic N) is 3. The number of halogens is 1. The number of piperidine rings is 1. The summed E-state index contributed by atoms with van der Waals surface area (Å²) in [7, 11) is 0. The lowest BCUT2D eigenvalue weighted by Crippen LogP contribution is -2.31. The van der Waals surface area contributed by atoms with Crippen molar-refractivity contribution in [1.29, 1.82) is 0 Å². The molecule has 0 bridgehead atoms. The first-order valence-corrected chi connectivity index (χ1v) is 9.29. The molecule has 8 heteroatoms. The van der Waals surface area contributed by atoms with Crippen LogP contribution in [0.2, 0.25) is 0 Å². The third kappa shape index (κ3) is 4.94. The van der Waals surface area contributed by atoms with E-state index in [2.05, 4.69) is 41.4 Å². The minimum Gasteiger partial charge on any atom is -0.444 e. The van der Waals surface area contributed by atoms with E-state index in [1.165, 1.54) is 19.3 Å². The van der Waals surface area contributed by atoms with Gasteiger partial charge < -0.3 is 20.0 Å². The first-order chi connectivity index (χ1) is 12.1. The molecule has 1 aliphatic rings. The number of hydrogen-bond donors (Lipinski definition) is 2. The molecular formula is C17H22BrN5O2. The monoisotopic (exact) mass is 407 g/mol. The molecular weight excluding hydrogens is 386 g/mol. The molecule has 0 saturated carbocycles. The molecule has 2 N–H and O–H groups in total. The Balaban J connectivity index is 1.51. The molecule has 0 atom stereocenters. The minimum absolute atomic E-state index is 0.244. The zero-order valence-corrected chi connectivity index (χ0v) is 15.8. The van der Waals surface area contributed by atoms with Crippen molar-refractivity contribution in [3.05, 3.63) is 34.3 Å². The molecule has 1 aliphatic heterocycles. The van der Waals surface area contributed by atoms with Crippen LogP contribution in [-0.4, -0.2) is 42.1 Å². The lowest BCUT2D eigenvalue weighted by Gasteiger charge is -2.28. The second-order valence-electron chi connectivity index (χ2n) is 6.03. The van der Waals surface area contributed by atoms with Gasteiger partial charge in [-0.3, -0.25) is 4.79 Å². The highest BCUT2D eigenvalue weighted by Gasteiger charge is 2.14. The smallest absolute Gasteiger partial charge is 0.287 e. The first-order valence-electron chi connectivity index (χ1n) is 8.50. The summed E-state index contributed by atoms with van der Waals surface area (Å²) in [6.45, 7) is 5.05. The van der Waals surface area contributed by atoms with Crippen molar-refractivity contribution >= 4 is 33.6 Å². The van der Waals surface area contributed by atoms with Gasteiger partial charge in [-0.15, -0.1) is 0 Å². The predicted molar refractivity (Wildman–Crippen MR) is 100 cm³/mol. The van der Waals surface area contributed by atoms with Gasteiger partial charge in [-0.2, -0.15) is 4.98 Å². The Morgan fingerprint density at radius 1 is 1.24 bits per heavy atom. The number of carbonyl (C=O) groups excluding carboxylic acids is 1. The molecule has 0 aliphatic carbocycles. The molecule has 1 saturated heterocycles. The van der Waals surface area contributed by atoms with Crippen LogP contribution in [0.4, 0.5) is 11.8 Å². The van der Waals surface area contributed by atoms with Gasteiger partial charge in [0.1, 0.15) is 5.82 Å². The molecule has 2 aromatic rings. The van der Waals surface area contributed by atoms with Crippen LogP contribution in [0.5, 0.6) is 0 Å². The van der Waals surface area contributed by atoms with Crippen LogP contribution in [0.3, 0.4) is 0 Å². The average molecular weight is 408 g/mol. The van der Waals surface area contributed by atoms with Crippen molar-refractivity contribution in [1.82, 2.24) is 15.3 Å². The molecule has 0 aromatic carbocycles. The second-order valence-corrected chi connectivity index (χ2v) is 6.81. The molecule has 25 heavy (non-hydrogen) atoms. The fourth-order valence-corrected chi connectivity index (χ4v) is 3.10. The number of rotatable bonds is 6. The van der Waals surface area contributed by atoms with Gasteiger partial charge in [0, 0.05) is 37.9 Å². The number of hydrogen-bond acceptors (Lipinski definition) is 6. The Bertz CT molecular complexity index is 728. The second kappa shape index (κ2) is 8.33. The third-order valence-electron chi connectivity index (χ3n) is 4.01. The summed E-state index contributed by atoms with van der Waals surface area (Å²) in [6.07, 6.45) is 3.71. The molecule has 0 spiro atoms. The van der Waals surface area contributed by atoms with Gasteiger partial charge in [-0.1, -0.05) is 0 Å². The van der Waals surface area contributed by atoms with Gasteiger partial charge in [0.15, 0.2) is 10.4 Å². The molecule has 134 valence electrons. The molecule has 1 fully saturated rings. The summed E-state index contributed by atoms with van der Waals surface area (Å²) in [5.41, 5.74) is 0.933. The first kappa shape index (κ1) is 17.7. The highest BCUT2D eigenvalue weighted by Crippen LogP contribution is 2.19. The van der Waals surface area contributed by atoms with E-state index in [-0.39, 0.29) is 11.7 Å². The highest BCUT2D eigenvalue weighted by molar-refractivity contribution is 9.10. The van der Waals surface area contributed by atoms with Crippen LogP contribution in [0.1, 0.15) is 35.5 Å². The predicted octanol–water partition coefficient (Wildman–Crippen LogP) is 2.97. The summed E-state index contributed by atoms with van der Waals surface area (Å²) in [4.78, 5) is 23.2. The molecule has 0 radical (unpaired) electrons. The summed E-state index contributed by atoms with van der Waals surface area (Å²) in [5.74, 6) is 1.60. The molecule has 0 unspecified atom stereocenters. The van der Waals surface area contributed by atoms with Gasteiger partial charge in [0.05, 0.1) is 0 Å². The minimum atomic E-state index is -0.244. The number of carbonyl (C=O) groups is 1. The highest BCUT2D eigenvalue weighted by atomic mass is 79.9. The van der Waals surface area contributed by atoms with E-state index < -0.39 is 0 Å². The zero-order chi connectivity index (χ0) is 17.6. The van der Waals surface area contributed by atoms with E-state index in [1.807, 2.05) is 13.0 Å². The lowest BCUT2D eigenvalue weighted by atomic mass is 10.1. The summed E-state index contributed by atoms with van der Waals surface area (Å²) >= 11 is 3.18. The van der Waals surface area contributed by atoms with E-state index in [4.69, 9.17) is 4.42 Å². The summed E-state index contributed by atoms with van der Waals surface area (Å²) < 4.78 is 5.75. The summed E-state index contributed by atoms with van der Waals surface area (Å²) in [5, 5.41) is 5.97. The van der Waals surface area contributed by atoms with Crippen molar-refractivity contribution in [2.45, 2.75) is 26.2 Å². The van der Waals surface area contributed by atoms with Gasteiger partial charge in [0.2, 0.25) is 5.95 Å². The fourth-order valence-electron chi connectivity index (χ4n) is 2.79. The Hall–Kier alpha value is -2.09. The molecule has 2 aromatic heterocycles. The van der Waals surface area contributed by atoms with Crippen LogP contribution in [0, 0.1) is 6.92 Å². The third-order valence-corrected chi connectivity index (χ3v) is 4.44. The SMILES string of the molecule is Cc1cc(N2CCCCC2)nc(NCCNC(=O)c2ccc(Br)o2)n1. The van der Waals surface area contributed by atoms with E-state index in [1.54, 1.807) is 12.1 Å². The number of nitrogens with one attached hydrogen (secondary N) is 2. The van der Waals surface area contributed by atoms with Gasteiger partial charge >= 0.3 is 0 Å². The van der Waals surface area contributed by atoms with Crippen molar-refractivity contribution in [3.63, 3.8) is 0 Å². The largest absolute Gasteiger partial charge is 0.444 e. The zero-order valence-electron chi connectivity index (χ0n) is 14.2. The lowest BCUT2D eigenvalue weighted by molar-refractivity contribution is 0.0926. The standard InChI is InChI=1S/C17H22BrN5O2/c1-12-11-15(23-9-3-2-4-10-23)22-17(21-12)20-8-7-19-16(24)13-5-6-14(18)25-13/h5-6,11H,2-4,7-10H2,1H3,(H,19,24)(H,20,21,22). The maximum atomic E-state index is 11.9. The van der Waals surface area contributed by atoms with Crippen molar-refractivity contribution in [2.75, 3.05) is 36.4 Å². The van der Waals surface area contributed by atoms with E-state index in [0.29, 0.717) is 23.7 Å². The van der Waals surface area contributed by atoms with Gasteiger partial charge in [-0.25, -0.2) is 4.98 Å². The van der Waals surface area contributed by atoms with E-state index >= 15 is 0 Å². The van der Waals surface area contributed by atoms with Gasteiger partial charge in [-0.05, 0) is 54.2 Å². The van der Waals surface area contributed by atoms with Crippen LogP contribution < -0.4 is 15.5 Å². The van der Waals surface area contributed by atoms with Crippen molar-refractivity contribution in [2.24, 2.45) is 0 Å². The van der Waals surface area contributed by atoms with E-state index in [0.717, 1.165) is 24.6 Å². The Morgan fingerprint density at radius 3 is 2.76 bits per heavy atom. The topological polar surface area (TPSA) is 83.3 Å². The summed E-state index contributed by atoms with van der Waals surface area (Å²) in [6, 6.07) is 5.34. The maximum absolute atomic E-state index is 11.9. The van der Waals surface area contributed by atoms with E-state index in [9.17, 15) is 4.79 Å². The maximum Gasteiger partial charge on any atom is 0.287 e. The quantitative estimate of drug-likeness (QED) is 0.716. The average Bonchev–Trinajstić information content (AvgIpc) is 3.05. The molecule has 7 nitrogen and oxygen atoms in total. The molecule has 3 heterocycles. The van der Waals surface area contributed by atoms with Gasteiger partial charge in [0.25, 0.3) is 5.91 Å². The van der Waals surface area contributed by atoms with Crippen LogP contribution in [-0.2, 0) is 0 Å². The Morgan fingerprint density at radius 2 is 2.04 bits per heavy atom. The Labute approximate surface area is 155 Å². The Kier molecular flexibility index (Phi) is 5.91. The van der Waals surface area contributed by atoms with Crippen molar-refractivity contribution in [3.8, 4) is 0 Å². The van der Waals surface area contributed by atoms with Crippen LogP contribution in [0.15, 0.2) is 27.3 Å². The fraction of sp³-hybridized carbons (Fsp3) is 0.471. The van der Waals surface area contributed by atoms with Crippen LogP contribution in [0.25, 0.3) is 0 Å². The number of furan rings is 1. The number of aromatic nitrogens is 2. The molecule has 1 amide bonds. The van der Waals surface area contributed by atoms with Crippen LogP contribution >= 0.6 is 15.9 Å². The normalized spacial score (nSPS) is 14.4. The van der Waals surface area contributed by atoms with Crippen molar-refractivity contribution < 1.29 is 9.21 Å². The number of amides is 1.